The van der Waals surface area contributed by atoms with E-state index in [1.165, 1.54) is 12.1 Å². The molecular weight excluding hydrogens is 644 g/mol. The third-order valence-electron chi connectivity index (χ3n) is 5.30. The molecule has 1 heterocycles. The standard InChI is InChI=1S/C26H16BrCl2F3N2O4S/c27-19-8-14(4-7-21(19)38-13-15-5-6-17(28)11-20(15)29)9-22-24(36)34(25(37)39-22)12-23(35)33-18-3-1-2-16(10-18)26(30,31)32/h1-11H,12-13H2,(H,33,35)/b22-9-. The Bertz CT molecular complexity index is 1500. The van der Waals surface area contributed by atoms with Crippen LogP contribution in [0.1, 0.15) is 16.7 Å². The van der Waals surface area contributed by atoms with E-state index in [-0.39, 0.29) is 17.2 Å². The van der Waals surface area contributed by atoms with Gasteiger partial charge in [0.25, 0.3) is 11.1 Å². The van der Waals surface area contributed by atoms with Crippen molar-refractivity contribution in [3.63, 3.8) is 0 Å². The molecule has 0 aromatic heterocycles. The molecule has 4 rings (SSSR count). The Morgan fingerprint density at radius 3 is 2.54 bits per heavy atom. The quantitative estimate of drug-likeness (QED) is 0.260. The molecule has 0 saturated carbocycles. The fourth-order valence-corrected chi connectivity index (χ4v) is 5.24. The Morgan fingerprint density at radius 2 is 1.85 bits per heavy atom. The molecule has 1 saturated heterocycles. The van der Waals surface area contributed by atoms with Crippen LogP contribution in [-0.4, -0.2) is 28.5 Å². The molecule has 0 spiro atoms. The Morgan fingerprint density at radius 1 is 1.08 bits per heavy atom. The van der Waals surface area contributed by atoms with Crippen LogP contribution in [0.15, 0.2) is 70.0 Å². The fraction of sp³-hybridized carbons (Fsp3) is 0.115. The van der Waals surface area contributed by atoms with Crippen molar-refractivity contribution in [3.05, 3.63) is 96.8 Å². The zero-order chi connectivity index (χ0) is 28.3. The first-order valence-corrected chi connectivity index (χ1v) is 13.4. The largest absolute Gasteiger partial charge is 0.488 e. The summed E-state index contributed by atoms with van der Waals surface area (Å²) in [6.07, 6.45) is -3.10. The number of nitrogens with zero attached hydrogens (tertiary/aromatic N) is 1. The molecule has 202 valence electrons. The van der Waals surface area contributed by atoms with Crippen LogP contribution in [0, 0.1) is 0 Å². The molecule has 1 N–H and O–H groups in total. The number of halogens is 6. The van der Waals surface area contributed by atoms with Crippen LogP contribution in [0.2, 0.25) is 10.0 Å². The maximum absolute atomic E-state index is 12.9. The Balaban J connectivity index is 1.40. The highest BCUT2D eigenvalue weighted by molar-refractivity contribution is 9.10. The van der Waals surface area contributed by atoms with Crippen molar-refractivity contribution in [3.8, 4) is 5.75 Å². The minimum atomic E-state index is -4.58. The number of anilines is 1. The Labute approximate surface area is 243 Å². The van der Waals surface area contributed by atoms with Crippen LogP contribution in [0.3, 0.4) is 0 Å². The highest BCUT2D eigenvalue weighted by Gasteiger charge is 2.36. The lowest BCUT2D eigenvalue weighted by Crippen LogP contribution is -2.36. The predicted octanol–water partition coefficient (Wildman–Crippen LogP) is 8.03. The minimum Gasteiger partial charge on any atom is -0.488 e. The average molecular weight is 660 g/mol. The molecule has 3 aromatic carbocycles. The molecule has 3 amide bonds. The first kappa shape index (κ1) is 29.0. The normalized spacial score (nSPS) is 14.7. The van der Waals surface area contributed by atoms with Gasteiger partial charge in [0.15, 0.2) is 0 Å². The van der Waals surface area contributed by atoms with Gasteiger partial charge in [0.1, 0.15) is 18.9 Å². The highest BCUT2D eigenvalue weighted by Crippen LogP contribution is 2.35. The van der Waals surface area contributed by atoms with Gasteiger partial charge in [-0.05, 0) is 81.8 Å². The van der Waals surface area contributed by atoms with Gasteiger partial charge in [0.05, 0.1) is 14.9 Å². The fourth-order valence-electron chi connectivity index (χ4n) is 3.42. The summed E-state index contributed by atoms with van der Waals surface area (Å²) < 4.78 is 45.1. The first-order chi connectivity index (χ1) is 18.4. The van der Waals surface area contributed by atoms with Crippen molar-refractivity contribution < 1.29 is 32.3 Å². The number of carbonyl (C=O) groups excluding carboxylic acids is 3. The summed E-state index contributed by atoms with van der Waals surface area (Å²) in [4.78, 5) is 38.4. The van der Waals surface area contributed by atoms with Gasteiger partial charge in [0, 0.05) is 21.3 Å². The lowest BCUT2D eigenvalue weighted by atomic mass is 10.2. The molecule has 0 radical (unpaired) electrons. The highest BCUT2D eigenvalue weighted by atomic mass is 79.9. The lowest BCUT2D eigenvalue weighted by Gasteiger charge is -2.13. The van der Waals surface area contributed by atoms with E-state index in [9.17, 15) is 27.6 Å². The first-order valence-electron chi connectivity index (χ1n) is 11.0. The number of alkyl halides is 3. The van der Waals surface area contributed by atoms with Crippen molar-refractivity contribution in [1.82, 2.24) is 4.90 Å². The smallest absolute Gasteiger partial charge is 0.416 e. The second-order valence-corrected chi connectivity index (χ2v) is 10.8. The topological polar surface area (TPSA) is 75.7 Å². The van der Waals surface area contributed by atoms with Crippen molar-refractivity contribution in [2.75, 3.05) is 11.9 Å². The third-order valence-corrected chi connectivity index (χ3v) is 7.41. The molecule has 0 unspecified atom stereocenters. The van der Waals surface area contributed by atoms with Gasteiger partial charge in [-0.25, -0.2) is 0 Å². The maximum atomic E-state index is 12.9. The Hall–Kier alpha value is -2.99. The summed E-state index contributed by atoms with van der Waals surface area (Å²) in [5.74, 6) is -1.00. The lowest BCUT2D eigenvalue weighted by molar-refractivity contribution is -0.137. The van der Waals surface area contributed by atoms with Gasteiger partial charge in [-0.15, -0.1) is 0 Å². The van der Waals surface area contributed by atoms with Crippen LogP contribution in [0.4, 0.5) is 23.7 Å². The number of rotatable bonds is 7. The van der Waals surface area contributed by atoms with E-state index in [0.717, 1.165) is 28.7 Å². The van der Waals surface area contributed by atoms with Crippen molar-refractivity contribution >= 4 is 79.7 Å². The minimum absolute atomic E-state index is 0.0837. The summed E-state index contributed by atoms with van der Waals surface area (Å²) in [5, 5.41) is 2.58. The summed E-state index contributed by atoms with van der Waals surface area (Å²) in [7, 11) is 0. The molecule has 1 aliphatic heterocycles. The number of carbonyl (C=O) groups is 3. The SMILES string of the molecule is O=C(CN1C(=O)S/C(=C\c2ccc(OCc3ccc(Cl)cc3Cl)c(Br)c2)C1=O)Nc1cccc(C(F)(F)F)c1. The van der Waals surface area contributed by atoms with Crippen LogP contribution in [-0.2, 0) is 22.4 Å². The number of benzene rings is 3. The summed E-state index contributed by atoms with van der Waals surface area (Å²) in [6, 6.07) is 14.2. The zero-order valence-corrected chi connectivity index (χ0v) is 23.4. The summed E-state index contributed by atoms with van der Waals surface area (Å²) in [5.41, 5.74) is 0.272. The van der Waals surface area contributed by atoms with E-state index in [1.54, 1.807) is 36.4 Å². The van der Waals surface area contributed by atoms with Crippen LogP contribution < -0.4 is 10.1 Å². The number of hydrogen-bond donors (Lipinski definition) is 1. The van der Waals surface area contributed by atoms with Crippen molar-refractivity contribution in [2.24, 2.45) is 0 Å². The molecule has 0 atom stereocenters. The number of ether oxygens (including phenoxy) is 1. The third kappa shape index (κ3) is 7.36. The van der Waals surface area contributed by atoms with Crippen LogP contribution in [0.25, 0.3) is 6.08 Å². The molecular formula is C26H16BrCl2F3N2O4S. The van der Waals surface area contributed by atoms with Gasteiger partial charge in [0.2, 0.25) is 5.91 Å². The van der Waals surface area contributed by atoms with Crippen molar-refractivity contribution in [1.29, 1.82) is 0 Å². The second kappa shape index (κ2) is 12.0. The van der Waals surface area contributed by atoms with Gasteiger partial charge < -0.3 is 10.1 Å². The van der Waals surface area contributed by atoms with Gasteiger partial charge in [-0.1, -0.05) is 41.4 Å². The van der Waals surface area contributed by atoms with Crippen molar-refractivity contribution in [2.45, 2.75) is 12.8 Å². The summed E-state index contributed by atoms with van der Waals surface area (Å²) in [6.45, 7) is -0.461. The number of amides is 3. The van der Waals surface area contributed by atoms with E-state index >= 15 is 0 Å². The average Bonchev–Trinajstić information content (AvgIpc) is 3.11. The predicted molar refractivity (Wildman–Crippen MR) is 148 cm³/mol. The second-order valence-electron chi connectivity index (χ2n) is 8.11. The molecule has 3 aromatic rings. The van der Waals surface area contributed by atoms with Gasteiger partial charge in [-0.3, -0.25) is 19.3 Å². The molecule has 39 heavy (non-hydrogen) atoms. The molecule has 1 aliphatic rings. The van der Waals surface area contributed by atoms with E-state index in [4.69, 9.17) is 27.9 Å². The molecule has 13 heteroatoms. The van der Waals surface area contributed by atoms with E-state index in [1.807, 2.05) is 0 Å². The van der Waals surface area contributed by atoms with Crippen LogP contribution >= 0.6 is 50.9 Å². The molecule has 6 nitrogen and oxygen atoms in total. The summed E-state index contributed by atoms with van der Waals surface area (Å²) >= 11 is 16.1. The number of hydrogen-bond acceptors (Lipinski definition) is 5. The van der Waals surface area contributed by atoms with Gasteiger partial charge in [-0.2, -0.15) is 13.2 Å². The number of nitrogens with one attached hydrogen (secondary N) is 1. The molecule has 0 bridgehead atoms. The molecule has 0 aliphatic carbocycles. The number of thioether (sulfide) groups is 1. The van der Waals surface area contributed by atoms with E-state index in [0.29, 0.717) is 37.6 Å². The van der Waals surface area contributed by atoms with E-state index in [2.05, 4.69) is 21.2 Å². The maximum Gasteiger partial charge on any atom is 0.416 e. The van der Waals surface area contributed by atoms with Gasteiger partial charge >= 0.3 is 6.18 Å². The molecule has 1 fully saturated rings. The number of imide groups is 1. The van der Waals surface area contributed by atoms with Crippen LogP contribution in [0.5, 0.6) is 5.75 Å². The Kier molecular flexibility index (Phi) is 8.95. The van der Waals surface area contributed by atoms with E-state index < -0.39 is 35.3 Å². The zero-order valence-electron chi connectivity index (χ0n) is 19.5. The monoisotopic (exact) mass is 658 g/mol.